The van der Waals surface area contributed by atoms with Crippen molar-refractivity contribution in [3.8, 4) is 11.4 Å². The maximum atomic E-state index is 5.39. The monoisotopic (exact) mass is 217 g/mol. The minimum absolute atomic E-state index is 0.486. The molecular formula is C12H15N3O. The highest BCUT2D eigenvalue weighted by Gasteiger charge is 2.00. The van der Waals surface area contributed by atoms with E-state index >= 15 is 0 Å². The average Bonchev–Trinajstić information content (AvgIpc) is 2.76. The first-order chi connectivity index (χ1) is 7.79. The second-order valence-electron chi connectivity index (χ2n) is 3.60. The molecule has 1 aromatic heterocycles. The molecule has 0 aliphatic heterocycles. The van der Waals surface area contributed by atoms with E-state index in [0.717, 1.165) is 11.4 Å². The smallest absolute Gasteiger partial charge is 0.159 e. The first-order valence-electron chi connectivity index (χ1n) is 5.19. The van der Waals surface area contributed by atoms with Crippen LogP contribution < -0.4 is 10.1 Å². The van der Waals surface area contributed by atoms with Crippen LogP contribution in [0.4, 0.5) is 0 Å². The Kier molecular flexibility index (Phi) is 3.22. The summed E-state index contributed by atoms with van der Waals surface area (Å²) in [5, 5.41) is 7.15. The molecule has 0 saturated carbocycles. The minimum atomic E-state index is 0.486. The Hall–Kier alpha value is -1.81. The summed E-state index contributed by atoms with van der Waals surface area (Å²) >= 11 is 0. The van der Waals surface area contributed by atoms with Gasteiger partial charge in [-0.15, -0.1) is 0 Å². The van der Waals surface area contributed by atoms with Gasteiger partial charge in [-0.05, 0) is 26.1 Å². The normalized spacial score (nSPS) is 10.4. The molecule has 0 spiro atoms. The number of benzene rings is 1. The number of ether oxygens (including phenoxy) is 1. The number of hydrogen-bond acceptors (Lipinski definition) is 3. The molecule has 1 N–H and O–H groups in total. The topological polar surface area (TPSA) is 39.1 Å². The van der Waals surface area contributed by atoms with Crippen LogP contribution in [-0.2, 0) is 0 Å². The van der Waals surface area contributed by atoms with Crippen LogP contribution >= 0.6 is 0 Å². The standard InChI is InChI=1S/C12H15N3O/c1-10-3-5-11(6-4-10)15-8-12(7-14-15)16-9-13-2/h3-8,13H,9H2,1-2H3. The molecule has 2 rings (SSSR count). The fraction of sp³-hybridized carbons (Fsp3) is 0.250. The van der Waals surface area contributed by atoms with Gasteiger partial charge in [0, 0.05) is 0 Å². The lowest BCUT2D eigenvalue weighted by molar-refractivity contribution is 0.296. The van der Waals surface area contributed by atoms with E-state index in [4.69, 9.17) is 4.74 Å². The highest BCUT2D eigenvalue weighted by molar-refractivity contribution is 5.34. The van der Waals surface area contributed by atoms with Crippen LogP contribution in [0, 0.1) is 6.92 Å². The van der Waals surface area contributed by atoms with Crippen molar-refractivity contribution < 1.29 is 4.74 Å². The molecule has 0 aliphatic carbocycles. The van der Waals surface area contributed by atoms with Gasteiger partial charge in [0.1, 0.15) is 6.73 Å². The van der Waals surface area contributed by atoms with E-state index in [1.54, 1.807) is 10.9 Å². The molecule has 0 radical (unpaired) electrons. The van der Waals surface area contributed by atoms with Gasteiger partial charge < -0.3 is 4.74 Å². The van der Waals surface area contributed by atoms with E-state index in [9.17, 15) is 0 Å². The molecule has 4 nitrogen and oxygen atoms in total. The molecule has 0 bridgehead atoms. The van der Waals surface area contributed by atoms with Crippen LogP contribution in [0.25, 0.3) is 5.69 Å². The number of nitrogens with zero attached hydrogens (tertiary/aromatic N) is 2. The molecule has 0 fully saturated rings. The van der Waals surface area contributed by atoms with Crippen molar-refractivity contribution in [1.82, 2.24) is 15.1 Å². The molecule has 16 heavy (non-hydrogen) atoms. The van der Waals surface area contributed by atoms with Crippen molar-refractivity contribution in [1.29, 1.82) is 0 Å². The predicted molar refractivity (Wildman–Crippen MR) is 62.9 cm³/mol. The summed E-state index contributed by atoms with van der Waals surface area (Å²) in [7, 11) is 1.84. The predicted octanol–water partition coefficient (Wildman–Crippen LogP) is 1.74. The number of aromatic nitrogens is 2. The van der Waals surface area contributed by atoms with Crippen LogP contribution in [0.1, 0.15) is 5.56 Å². The lowest BCUT2D eigenvalue weighted by Crippen LogP contribution is -2.13. The van der Waals surface area contributed by atoms with Crippen LogP contribution in [0.15, 0.2) is 36.7 Å². The van der Waals surface area contributed by atoms with E-state index in [-0.39, 0.29) is 0 Å². The summed E-state index contributed by atoms with van der Waals surface area (Å²) in [5.41, 5.74) is 2.27. The Morgan fingerprint density at radius 2 is 2.06 bits per heavy atom. The zero-order chi connectivity index (χ0) is 11.4. The molecule has 0 amide bonds. The largest absolute Gasteiger partial charge is 0.475 e. The molecule has 0 saturated heterocycles. The summed E-state index contributed by atoms with van der Waals surface area (Å²) in [6.07, 6.45) is 3.57. The number of aryl methyl sites for hydroxylation is 1. The van der Waals surface area contributed by atoms with Gasteiger partial charge in [-0.2, -0.15) is 5.10 Å². The minimum Gasteiger partial charge on any atom is -0.475 e. The van der Waals surface area contributed by atoms with Crippen molar-refractivity contribution in [2.75, 3.05) is 13.8 Å². The average molecular weight is 217 g/mol. The van der Waals surface area contributed by atoms with Crippen LogP contribution in [0.2, 0.25) is 0 Å². The van der Waals surface area contributed by atoms with E-state index < -0.39 is 0 Å². The SMILES string of the molecule is CNCOc1cnn(-c2ccc(C)cc2)c1. The van der Waals surface area contributed by atoms with Gasteiger partial charge in [-0.3, -0.25) is 5.32 Å². The van der Waals surface area contributed by atoms with Gasteiger partial charge in [0.25, 0.3) is 0 Å². The molecule has 1 aromatic carbocycles. The molecule has 0 atom stereocenters. The molecule has 1 heterocycles. The number of nitrogens with one attached hydrogen (secondary N) is 1. The third-order valence-corrected chi connectivity index (χ3v) is 2.24. The second-order valence-corrected chi connectivity index (χ2v) is 3.60. The fourth-order valence-corrected chi connectivity index (χ4v) is 1.38. The summed E-state index contributed by atoms with van der Waals surface area (Å²) in [4.78, 5) is 0. The second kappa shape index (κ2) is 4.81. The van der Waals surface area contributed by atoms with Crippen molar-refractivity contribution in [2.45, 2.75) is 6.92 Å². The Morgan fingerprint density at radius 3 is 2.75 bits per heavy atom. The lowest BCUT2D eigenvalue weighted by atomic mass is 10.2. The van der Waals surface area contributed by atoms with E-state index in [0.29, 0.717) is 6.73 Å². The Labute approximate surface area is 94.9 Å². The fourth-order valence-electron chi connectivity index (χ4n) is 1.38. The maximum absolute atomic E-state index is 5.39. The van der Waals surface area contributed by atoms with E-state index in [1.807, 2.05) is 25.4 Å². The first kappa shape index (κ1) is 10.7. The van der Waals surface area contributed by atoms with Gasteiger partial charge in [0.05, 0.1) is 18.1 Å². The van der Waals surface area contributed by atoms with E-state index in [2.05, 4.69) is 29.5 Å². The zero-order valence-electron chi connectivity index (χ0n) is 9.47. The third kappa shape index (κ3) is 2.41. The number of rotatable bonds is 4. The molecule has 4 heteroatoms. The zero-order valence-corrected chi connectivity index (χ0v) is 9.47. The van der Waals surface area contributed by atoms with Crippen molar-refractivity contribution in [3.63, 3.8) is 0 Å². The van der Waals surface area contributed by atoms with Gasteiger partial charge in [0.2, 0.25) is 0 Å². The van der Waals surface area contributed by atoms with Gasteiger partial charge in [-0.1, -0.05) is 17.7 Å². The maximum Gasteiger partial charge on any atom is 0.159 e. The van der Waals surface area contributed by atoms with E-state index in [1.165, 1.54) is 5.56 Å². The lowest BCUT2D eigenvalue weighted by Gasteiger charge is -2.01. The van der Waals surface area contributed by atoms with Gasteiger partial charge in [0.15, 0.2) is 5.75 Å². The van der Waals surface area contributed by atoms with Crippen LogP contribution in [0.3, 0.4) is 0 Å². The Morgan fingerprint density at radius 1 is 1.31 bits per heavy atom. The molecule has 0 unspecified atom stereocenters. The summed E-state index contributed by atoms with van der Waals surface area (Å²) in [6.45, 7) is 2.55. The molecule has 84 valence electrons. The Bertz CT molecular complexity index is 448. The molecular weight excluding hydrogens is 202 g/mol. The number of hydrogen-bond donors (Lipinski definition) is 1. The van der Waals surface area contributed by atoms with Crippen molar-refractivity contribution >= 4 is 0 Å². The highest BCUT2D eigenvalue weighted by atomic mass is 16.5. The third-order valence-electron chi connectivity index (χ3n) is 2.24. The van der Waals surface area contributed by atoms with Crippen molar-refractivity contribution in [2.24, 2.45) is 0 Å². The first-order valence-corrected chi connectivity index (χ1v) is 5.19. The summed E-state index contributed by atoms with van der Waals surface area (Å²) in [5.74, 6) is 0.759. The van der Waals surface area contributed by atoms with Gasteiger partial charge in [-0.25, -0.2) is 4.68 Å². The highest BCUT2D eigenvalue weighted by Crippen LogP contribution is 2.13. The quantitative estimate of drug-likeness (QED) is 0.793. The molecule has 0 aliphatic rings. The van der Waals surface area contributed by atoms with Crippen LogP contribution in [-0.4, -0.2) is 23.6 Å². The molecule has 2 aromatic rings. The summed E-state index contributed by atoms with van der Waals surface area (Å²) in [6, 6.07) is 8.19. The van der Waals surface area contributed by atoms with Crippen molar-refractivity contribution in [3.05, 3.63) is 42.2 Å². The summed E-state index contributed by atoms with van der Waals surface area (Å²) < 4.78 is 7.18. The Balaban J connectivity index is 2.15. The van der Waals surface area contributed by atoms with Crippen LogP contribution in [0.5, 0.6) is 5.75 Å². The van der Waals surface area contributed by atoms with Gasteiger partial charge >= 0.3 is 0 Å².